The van der Waals surface area contributed by atoms with E-state index in [2.05, 4.69) is 594 Å². The minimum atomic E-state index is -0.603. The summed E-state index contributed by atoms with van der Waals surface area (Å²) in [6.45, 7) is 0. The Hall–Kier alpha value is 42.3. The summed E-state index contributed by atoms with van der Waals surface area (Å²) in [6, 6.07) is 19.7. The number of hydrogen-bond acceptors (Lipinski definition) is 4. The Morgan fingerprint density at radius 1 is 0.364 bits per heavy atom. The number of Topliss-reactive ketones (excluding diaryl/α,β-unsaturated/α-hetero) is 1. The Morgan fingerprint density at radius 3 is 0.716 bits per heavy atom. The van der Waals surface area contributed by atoms with Gasteiger partial charge in [-0.25, -0.2) is 4.98 Å². The van der Waals surface area contributed by atoms with Gasteiger partial charge >= 0.3 is 806 Å². The van der Waals surface area contributed by atoms with Gasteiger partial charge in [0.2, 0.25) is 0 Å². The number of thiocarbonyl (C=S) groups is 1. The Labute approximate surface area is 945 Å². The molecule has 0 saturated carbocycles. The summed E-state index contributed by atoms with van der Waals surface area (Å²) in [6.07, 6.45) is 0. The fourth-order valence-corrected chi connectivity index (χ4v) is 11300. The van der Waals surface area contributed by atoms with Crippen LogP contribution < -0.4 is 5.73 Å². The quantitative estimate of drug-likeness (QED) is 0.0375. The van der Waals surface area contributed by atoms with Gasteiger partial charge in [-0.3, -0.25) is 4.79 Å². The van der Waals surface area contributed by atoms with Gasteiger partial charge in [0, 0.05) is 16.5 Å². The zero-order valence-electron chi connectivity index (χ0n) is 37.5. The van der Waals surface area contributed by atoms with Crippen LogP contribution in [-0.4, -0.2) is 27.5 Å². The number of hydrogen-bond donors (Lipinski definition) is 1. The molecule has 0 spiro atoms. The molecule has 2 aromatic carbocycles. The molecule has 0 aliphatic carbocycles. The SMILES string of the molecule is ClCc1csc(-c2ccccc2)n1.II(I)I(I)I(I)I(I)I(I)I(I)I(I)I(I)I(I)I(I)I(I)I(I)I(I)I(I)I(I)I(I)I(I)I(I)I(I)I(I)I(I)I(I)I(I)I(I)I(I)I(I)I(I)I(I)I(I)I.NC(=S)c1ccccc1.O=C(CCl)CCl. The van der Waals surface area contributed by atoms with Crippen molar-refractivity contribution in [1.29, 1.82) is 0 Å². The van der Waals surface area contributed by atoms with Crippen molar-refractivity contribution >= 4 is 875 Å². The molecule has 0 bridgehead atoms. The molecule has 0 saturated heterocycles. The van der Waals surface area contributed by atoms with E-state index in [1.165, 1.54) is 0 Å². The Bertz CT molecular complexity index is 2260. The Morgan fingerprint density at radius 2 is 0.568 bits per heavy atom. The van der Waals surface area contributed by atoms with Crippen LogP contribution in [0.15, 0.2) is 66.0 Å². The minimum Gasteiger partial charge on any atom is -0.389 e. The molecule has 0 radical (unpaired) electrons. The molecule has 0 aliphatic heterocycles. The molecule has 1 heterocycles. The number of ketones is 1. The number of carbonyl (C=O) groups excluding carboxylic acids is 1. The van der Waals surface area contributed by atoms with Crippen LogP contribution in [0.2, 0.25) is 0 Å². The molecule has 3 aromatic rings. The molecule has 2 N–H and O–H groups in total. The van der Waals surface area contributed by atoms with Gasteiger partial charge in [0.1, 0.15) is 10.00 Å². The zero-order valence-corrected chi connectivity index (χ0v) is 171. The van der Waals surface area contributed by atoms with Gasteiger partial charge in [-0.2, -0.15) is 0 Å². The predicted octanol–water partition coefficient (Wildman–Crippen LogP) is 59.0. The number of carbonyl (C=O) groups is 1. The van der Waals surface area contributed by atoms with E-state index in [0.29, 0.717) is 10.9 Å². The Kier molecular flexibility index (Phi) is 118. The van der Waals surface area contributed by atoms with Crippen molar-refractivity contribution in [2.45, 2.75) is 5.88 Å². The molecule has 0 amide bonds. The third-order valence-electron chi connectivity index (χ3n) is 5.35. The first-order valence-electron chi connectivity index (χ1n) is 16.5. The molecule has 88 heavy (non-hydrogen) atoms. The van der Waals surface area contributed by atoms with Crippen LogP contribution in [-0.2, 0) is 10.7 Å². The van der Waals surface area contributed by atoms with Crippen molar-refractivity contribution in [2.24, 2.45) is 5.73 Å². The van der Waals surface area contributed by atoms with Gasteiger partial charge in [0.05, 0.1) is 23.3 Å². The van der Waals surface area contributed by atoms with E-state index in [1.807, 2.05) is 53.9 Å². The second kappa shape index (κ2) is 79.8. The number of halogens is 63. The van der Waals surface area contributed by atoms with Crippen LogP contribution in [0, 0.1) is 0 Å². The minimum absolute atomic E-state index is 0.0312. The number of rotatable bonds is 33. The summed E-state index contributed by atoms with van der Waals surface area (Å²) < 4.78 is 0. The fraction of sp³-hybridized carbons (Fsp3) is 0.150. The topological polar surface area (TPSA) is 56.0 Å². The Balaban J connectivity index is 0.00000215. The van der Waals surface area contributed by atoms with Crippen molar-refractivity contribution in [3.8, 4) is 10.6 Å². The molecule has 1 aromatic heterocycles. The molecule has 0 fully saturated rings. The van der Waals surface area contributed by atoms with Crippen LogP contribution >= 0.6 is 864 Å². The first kappa shape index (κ1) is 130. The molecule has 3 nitrogen and oxygen atoms in total. The maximum Gasteiger partial charge on any atom is 0.162 e. The first-order valence-corrected chi connectivity index (χ1v) is 390. The standard InChI is InChI=1S/C10H8ClNS.C7H7NS.C3H4Cl2O.I60/c11-6-9-7-13-10(12-9)8-4-2-1-3-5-8;8-7(9)6-4-2-1-3-5-6;4-1-3(6)2-5;1-32(2)34(5)36(7)38(9)40(11)42(13)44(15)46(17)48(19)50(21)52(23)54(25)56(27)58(29)60(31)59(30)57(28)55(26)53(24)51(22)49(20)47(18)45(16)43(14)41(12)39(10)37(8)35(6)33(3)4/h1-5,7H,6H2;1-5H,(H2,8,9);1-2H2;. The summed E-state index contributed by atoms with van der Waals surface area (Å²) in [5, 5.41) is 3.03. The fourth-order valence-electron chi connectivity index (χ4n) is 2.55. The maximum absolute atomic E-state index is 9.92. The molecule has 0 atom stereocenters. The summed E-state index contributed by atoms with van der Waals surface area (Å²) in [4.78, 5) is 14.8. The van der Waals surface area contributed by atoms with Gasteiger partial charge in [0.25, 0.3) is 0 Å². The molecular formula is C20H19Cl3I60N2OS2. The number of thiazole rings is 1. The summed E-state index contributed by atoms with van der Waals surface area (Å²) >= 11 is 124. The van der Waals surface area contributed by atoms with E-state index in [4.69, 9.17) is 52.8 Å². The van der Waals surface area contributed by atoms with Crippen LogP contribution in [0.25, 0.3) is 10.6 Å². The predicted molar refractivity (Wildman–Crippen MR) is 967 cm³/mol. The summed E-state index contributed by atoms with van der Waals surface area (Å²) in [7, 11) is -16.2. The van der Waals surface area contributed by atoms with Gasteiger partial charge in [-0.05, 0) is 0 Å². The number of benzene rings is 2. The second-order valence-electron chi connectivity index (χ2n) is 9.88. The van der Waals surface area contributed by atoms with E-state index in [1.54, 1.807) is 11.3 Å². The zero-order chi connectivity index (χ0) is 68.5. The van der Waals surface area contributed by atoms with Crippen LogP contribution in [0.4, 0.5) is 0 Å². The maximum atomic E-state index is 9.92. The van der Waals surface area contributed by atoms with Gasteiger partial charge in [-0.15, -0.1) is 46.1 Å². The number of nitrogens with zero attached hydrogens (tertiary/aromatic N) is 1. The van der Waals surface area contributed by atoms with Crippen molar-refractivity contribution in [3.63, 3.8) is 0 Å². The number of nitrogens with two attached hydrogens (primary N) is 1. The van der Waals surface area contributed by atoms with Crippen LogP contribution in [0.3, 0.4) is 0 Å². The second-order valence-corrected chi connectivity index (χ2v) is 1430. The molecule has 0 unspecified atom stereocenters. The summed E-state index contributed by atoms with van der Waals surface area (Å²) in [5.74, 6) is 0.425. The van der Waals surface area contributed by atoms with E-state index in [0.717, 1.165) is 21.8 Å². The van der Waals surface area contributed by atoms with Crippen LogP contribution in [0.1, 0.15) is 11.3 Å². The smallest absolute Gasteiger partial charge is 0.162 e. The monoisotopic (exact) mass is 8090 g/mol. The molecule has 0 aliphatic rings. The van der Waals surface area contributed by atoms with Crippen LogP contribution in [0.5, 0.6) is 0 Å². The molecular weight excluding hydrogens is 8070 g/mol. The van der Waals surface area contributed by atoms with Gasteiger partial charge in [0.15, 0.2) is 5.78 Å². The average molecular weight is 8090 g/mol. The third-order valence-corrected chi connectivity index (χ3v) is 4630. The normalized spacial score (nSPS) is 15.9. The summed E-state index contributed by atoms with van der Waals surface area (Å²) in [5.41, 5.74) is 8.37. The van der Waals surface area contributed by atoms with Crippen molar-refractivity contribution < 1.29 is 4.79 Å². The van der Waals surface area contributed by atoms with Crippen molar-refractivity contribution in [3.05, 3.63) is 77.3 Å². The van der Waals surface area contributed by atoms with Gasteiger partial charge in [-0.1, -0.05) is 72.9 Å². The molecule has 68 heteroatoms. The molecule has 568 valence electrons. The third kappa shape index (κ3) is 55.6. The first-order chi connectivity index (χ1) is 40.7. The van der Waals surface area contributed by atoms with E-state index in [-0.39, 0.29) is 17.5 Å². The number of aromatic nitrogens is 1. The van der Waals surface area contributed by atoms with E-state index in [9.17, 15) is 4.79 Å². The van der Waals surface area contributed by atoms with Crippen molar-refractivity contribution in [1.82, 2.24) is 4.98 Å². The molecule has 3 rings (SSSR count). The average Bonchev–Trinajstić information content (AvgIpc) is 4.03. The van der Waals surface area contributed by atoms with Crippen molar-refractivity contribution in [2.75, 3.05) is 11.8 Å². The largest absolute Gasteiger partial charge is 0.389 e. The number of alkyl halides is 3. The van der Waals surface area contributed by atoms with E-state index >= 15 is 0 Å². The van der Waals surface area contributed by atoms with E-state index < -0.39 is 229 Å². The van der Waals surface area contributed by atoms with Gasteiger partial charge < -0.3 is 5.73 Å².